The van der Waals surface area contributed by atoms with E-state index in [0.29, 0.717) is 32.9 Å². The molecular weight excluding hydrogens is 503 g/mol. The van der Waals surface area contributed by atoms with E-state index in [0.717, 1.165) is 16.8 Å². The maximum Gasteiger partial charge on any atom is 0.291 e. The normalized spacial score (nSPS) is 16.0. The molecule has 36 heavy (non-hydrogen) atoms. The van der Waals surface area contributed by atoms with Crippen LogP contribution in [0.1, 0.15) is 22.9 Å². The summed E-state index contributed by atoms with van der Waals surface area (Å²) in [6, 6.07) is 18.2. The summed E-state index contributed by atoms with van der Waals surface area (Å²) in [6.07, 6.45) is 0. The number of nitro groups is 1. The second kappa shape index (κ2) is 8.18. The predicted octanol–water partition coefficient (Wildman–Crippen LogP) is 5.99. The summed E-state index contributed by atoms with van der Waals surface area (Å²) in [6.45, 7) is 1.86. The van der Waals surface area contributed by atoms with Crippen LogP contribution in [0.15, 0.2) is 71.7 Å². The number of amidine groups is 1. The Kier molecular flexibility index (Phi) is 5.06. The first-order valence-electron chi connectivity index (χ1n) is 10.9. The molecule has 0 bridgehead atoms. The fourth-order valence-corrected chi connectivity index (χ4v) is 5.17. The zero-order chi connectivity index (χ0) is 25.1. The molecule has 1 amide bonds. The zero-order valence-corrected chi connectivity index (χ0v) is 20.2. The van der Waals surface area contributed by atoms with Gasteiger partial charge < -0.3 is 10.2 Å². The van der Waals surface area contributed by atoms with E-state index in [2.05, 4.69) is 5.32 Å². The van der Waals surface area contributed by atoms with Crippen LogP contribution in [-0.4, -0.2) is 26.4 Å². The molecular formula is C25H16Cl2N6O3. The van der Waals surface area contributed by atoms with Gasteiger partial charge >= 0.3 is 0 Å². The van der Waals surface area contributed by atoms with Gasteiger partial charge in [0.15, 0.2) is 5.82 Å². The minimum atomic E-state index is -0.531. The first kappa shape index (κ1) is 22.3. The summed E-state index contributed by atoms with van der Waals surface area (Å²) in [7, 11) is 0. The number of carbonyl (C=O) groups is 1. The van der Waals surface area contributed by atoms with Crippen LogP contribution in [0.25, 0.3) is 5.69 Å². The highest BCUT2D eigenvalue weighted by Gasteiger charge is 2.43. The second-order valence-corrected chi connectivity index (χ2v) is 9.20. The first-order chi connectivity index (χ1) is 17.3. The van der Waals surface area contributed by atoms with Crippen molar-refractivity contribution in [2.45, 2.75) is 13.0 Å². The highest BCUT2D eigenvalue weighted by molar-refractivity contribution is 6.50. The smallest absolute Gasteiger partial charge is 0.291 e. The zero-order valence-electron chi connectivity index (χ0n) is 18.6. The van der Waals surface area contributed by atoms with E-state index in [4.69, 9.17) is 33.3 Å². The van der Waals surface area contributed by atoms with Crippen molar-refractivity contribution in [3.63, 3.8) is 0 Å². The number of halogens is 2. The van der Waals surface area contributed by atoms with Crippen LogP contribution >= 0.6 is 23.2 Å². The van der Waals surface area contributed by atoms with E-state index < -0.39 is 11.0 Å². The summed E-state index contributed by atoms with van der Waals surface area (Å²) in [4.78, 5) is 30.5. The molecule has 0 spiro atoms. The van der Waals surface area contributed by atoms with Crippen molar-refractivity contribution in [2.24, 2.45) is 4.99 Å². The molecule has 6 rings (SSSR count). The number of benzene rings is 3. The molecule has 0 saturated carbocycles. The molecule has 0 saturated heterocycles. The average molecular weight is 519 g/mol. The van der Waals surface area contributed by atoms with Gasteiger partial charge in [0.05, 0.1) is 33.7 Å². The second-order valence-electron chi connectivity index (χ2n) is 8.35. The molecule has 178 valence electrons. The number of nitrogens with one attached hydrogen (secondary N) is 1. The average Bonchev–Trinajstić information content (AvgIpc) is 3.19. The van der Waals surface area contributed by atoms with Crippen molar-refractivity contribution >= 4 is 57.8 Å². The number of nitro benzene ring substituents is 1. The maximum absolute atomic E-state index is 13.2. The molecule has 1 N–H and O–H groups in total. The molecule has 4 aromatic rings. The fraction of sp³-hybridized carbons (Fsp3) is 0.0800. The number of anilines is 2. The van der Waals surface area contributed by atoms with E-state index in [1.807, 2.05) is 42.2 Å². The number of aromatic nitrogens is 2. The molecule has 9 nitrogen and oxygen atoms in total. The SMILES string of the molecule is Cc1nn(-c2ccc([N+](=O)[O-])cc2)c2c1[C@@H](c1ccc(Cl)cc1Cl)N1C(=N2)C(=O)Nc2ccccc21. The molecule has 1 aromatic heterocycles. The Balaban J connectivity index is 1.63. The third-order valence-electron chi connectivity index (χ3n) is 6.23. The van der Waals surface area contributed by atoms with Gasteiger partial charge in [0.25, 0.3) is 11.6 Å². The topological polar surface area (TPSA) is 106 Å². The Labute approximate surface area is 214 Å². The van der Waals surface area contributed by atoms with Gasteiger partial charge in [-0.05, 0) is 48.9 Å². The predicted molar refractivity (Wildman–Crippen MR) is 138 cm³/mol. The lowest BCUT2D eigenvalue weighted by atomic mass is 9.93. The number of amides is 1. The molecule has 0 fully saturated rings. The number of non-ortho nitro benzene ring substituents is 1. The van der Waals surface area contributed by atoms with Crippen molar-refractivity contribution in [3.8, 4) is 5.69 Å². The third-order valence-corrected chi connectivity index (χ3v) is 6.79. The van der Waals surface area contributed by atoms with Gasteiger partial charge in [-0.15, -0.1) is 0 Å². The van der Waals surface area contributed by atoms with Crippen LogP contribution < -0.4 is 10.2 Å². The minimum Gasteiger partial charge on any atom is -0.317 e. The summed E-state index contributed by atoms with van der Waals surface area (Å²) < 4.78 is 1.59. The summed E-state index contributed by atoms with van der Waals surface area (Å²) >= 11 is 12.9. The standard InChI is InChI=1S/C25H16Cl2N6O3/c1-13-21-22(17-11-6-14(26)12-18(17)27)31-20-5-3-2-4-19(20)28-25(34)24(31)29-23(21)32(30-13)15-7-9-16(10-8-15)33(35)36/h2-12,22H,1H3,(H,28,34)/t22-/m1/s1. The van der Waals surface area contributed by atoms with Crippen molar-refractivity contribution in [2.75, 3.05) is 10.2 Å². The molecule has 3 heterocycles. The van der Waals surface area contributed by atoms with E-state index >= 15 is 0 Å². The van der Waals surface area contributed by atoms with E-state index in [9.17, 15) is 14.9 Å². The van der Waals surface area contributed by atoms with Crippen molar-refractivity contribution < 1.29 is 9.72 Å². The maximum atomic E-state index is 13.2. The Bertz CT molecular complexity index is 1610. The first-order valence-corrected chi connectivity index (χ1v) is 11.7. The quantitative estimate of drug-likeness (QED) is 0.265. The number of para-hydroxylation sites is 2. The Hall–Kier alpha value is -4.21. The number of rotatable bonds is 3. The highest BCUT2D eigenvalue weighted by Crippen LogP contribution is 2.48. The van der Waals surface area contributed by atoms with Crippen LogP contribution in [0.5, 0.6) is 0 Å². The number of nitrogens with zero attached hydrogens (tertiary/aromatic N) is 5. The monoisotopic (exact) mass is 518 g/mol. The Morgan fingerprint density at radius 1 is 1.06 bits per heavy atom. The van der Waals surface area contributed by atoms with Gasteiger partial charge in [-0.1, -0.05) is 41.4 Å². The van der Waals surface area contributed by atoms with Gasteiger partial charge in [0, 0.05) is 27.7 Å². The molecule has 3 aromatic carbocycles. The van der Waals surface area contributed by atoms with E-state index in [-0.39, 0.29) is 17.4 Å². The number of aryl methyl sites for hydroxylation is 1. The molecule has 1 atom stereocenters. The van der Waals surface area contributed by atoms with Crippen molar-refractivity contribution in [1.29, 1.82) is 0 Å². The lowest BCUT2D eigenvalue weighted by Gasteiger charge is -2.40. The van der Waals surface area contributed by atoms with Gasteiger partial charge in [0.1, 0.15) is 0 Å². The van der Waals surface area contributed by atoms with Crippen LogP contribution in [0.2, 0.25) is 10.0 Å². The largest absolute Gasteiger partial charge is 0.317 e. The van der Waals surface area contributed by atoms with Gasteiger partial charge in [0.2, 0.25) is 5.84 Å². The number of hydrogen-bond acceptors (Lipinski definition) is 6. The van der Waals surface area contributed by atoms with Crippen LogP contribution in [0.3, 0.4) is 0 Å². The van der Waals surface area contributed by atoms with Crippen molar-refractivity contribution in [3.05, 3.63) is 104 Å². The molecule has 11 heteroatoms. The van der Waals surface area contributed by atoms with Gasteiger partial charge in [-0.3, -0.25) is 14.9 Å². The summed E-state index contributed by atoms with van der Waals surface area (Å²) in [5.74, 6) is 0.252. The molecule has 2 aliphatic rings. The van der Waals surface area contributed by atoms with Crippen LogP contribution in [-0.2, 0) is 4.79 Å². The van der Waals surface area contributed by atoms with Crippen LogP contribution in [0, 0.1) is 17.0 Å². The van der Waals surface area contributed by atoms with E-state index in [1.54, 1.807) is 28.9 Å². The minimum absolute atomic E-state index is 0.0388. The Morgan fingerprint density at radius 2 is 1.81 bits per heavy atom. The molecule has 0 radical (unpaired) electrons. The van der Waals surface area contributed by atoms with Crippen LogP contribution in [0.4, 0.5) is 22.9 Å². The fourth-order valence-electron chi connectivity index (χ4n) is 4.65. The van der Waals surface area contributed by atoms with E-state index in [1.165, 1.54) is 12.1 Å². The summed E-state index contributed by atoms with van der Waals surface area (Å²) in [5.41, 5.74) is 4.10. The molecule has 0 unspecified atom stereocenters. The number of hydrogen-bond donors (Lipinski definition) is 1. The number of aliphatic imine (C=N–C) groups is 1. The third kappa shape index (κ3) is 3.35. The molecule has 2 aliphatic heterocycles. The lowest BCUT2D eigenvalue weighted by molar-refractivity contribution is -0.384. The lowest BCUT2D eigenvalue weighted by Crippen LogP contribution is -2.48. The highest BCUT2D eigenvalue weighted by atomic mass is 35.5. The van der Waals surface area contributed by atoms with Gasteiger partial charge in [-0.25, -0.2) is 9.67 Å². The van der Waals surface area contributed by atoms with Gasteiger partial charge in [-0.2, -0.15) is 5.10 Å². The number of carbonyl (C=O) groups excluding carboxylic acids is 1. The van der Waals surface area contributed by atoms with Crippen molar-refractivity contribution in [1.82, 2.24) is 9.78 Å². The summed E-state index contributed by atoms with van der Waals surface area (Å²) in [5, 5.41) is 19.7. The molecule has 0 aliphatic carbocycles. The number of fused-ring (bicyclic) bond motifs is 4. The Morgan fingerprint density at radius 3 is 2.53 bits per heavy atom.